The van der Waals surface area contributed by atoms with Gasteiger partial charge in [-0.25, -0.2) is 24.3 Å². The van der Waals surface area contributed by atoms with Crippen molar-refractivity contribution < 1.29 is 27.1 Å². The summed E-state index contributed by atoms with van der Waals surface area (Å²) in [6, 6.07) is 5.62. The number of alkyl halides is 3. The molecule has 0 aliphatic carbocycles. The number of halogens is 5. The number of aliphatic hydroxyl groups is 1. The van der Waals surface area contributed by atoms with E-state index in [9.17, 15) is 27.1 Å². The summed E-state index contributed by atoms with van der Waals surface area (Å²) in [5.74, 6) is 4.24. The minimum atomic E-state index is -4.50. The Hall–Kier alpha value is -3.16. The molecule has 1 heterocycles. The Morgan fingerprint density at radius 1 is 1.21 bits per heavy atom. The van der Waals surface area contributed by atoms with Crippen LogP contribution in [0.1, 0.15) is 18.1 Å². The van der Waals surface area contributed by atoms with Gasteiger partial charge in [-0.3, -0.25) is 5.01 Å². The van der Waals surface area contributed by atoms with Crippen molar-refractivity contribution >= 4 is 23.0 Å². The number of nitrogens with one attached hydrogen (secondary N) is 1. The van der Waals surface area contributed by atoms with E-state index < -0.39 is 35.0 Å². The van der Waals surface area contributed by atoms with Crippen molar-refractivity contribution in [2.75, 3.05) is 5.32 Å². The molecule has 33 heavy (non-hydrogen) atoms. The molecule has 2 aromatic carbocycles. The van der Waals surface area contributed by atoms with Gasteiger partial charge in [-0.2, -0.15) is 18.3 Å². The van der Waals surface area contributed by atoms with Crippen LogP contribution < -0.4 is 11.2 Å². The summed E-state index contributed by atoms with van der Waals surface area (Å²) in [6.07, 6.45) is -1.99. The van der Waals surface area contributed by atoms with E-state index in [0.717, 1.165) is 41.4 Å². The average molecular weight is 486 g/mol. The Morgan fingerprint density at radius 3 is 2.42 bits per heavy atom. The Morgan fingerprint density at radius 2 is 1.88 bits per heavy atom. The Labute approximate surface area is 190 Å². The molecule has 0 aliphatic rings. The van der Waals surface area contributed by atoms with Gasteiger partial charge >= 0.3 is 6.18 Å². The predicted octanol–water partition coefficient (Wildman–Crippen LogP) is 3.42. The van der Waals surface area contributed by atoms with Gasteiger partial charge in [0, 0.05) is 17.3 Å². The number of aromatic nitrogens is 3. The van der Waals surface area contributed by atoms with Crippen molar-refractivity contribution in [2.45, 2.75) is 31.3 Å². The predicted molar refractivity (Wildman–Crippen MR) is 113 cm³/mol. The van der Waals surface area contributed by atoms with E-state index in [1.54, 1.807) is 0 Å². The van der Waals surface area contributed by atoms with Crippen molar-refractivity contribution in [2.24, 2.45) is 5.84 Å². The fraction of sp³-hybridized carbons (Fsp3) is 0.250. The van der Waals surface area contributed by atoms with Crippen LogP contribution in [0.5, 0.6) is 0 Å². The first-order chi connectivity index (χ1) is 15.4. The highest BCUT2D eigenvalue weighted by Gasteiger charge is 2.42. The zero-order valence-corrected chi connectivity index (χ0v) is 17.9. The van der Waals surface area contributed by atoms with Gasteiger partial charge < -0.3 is 10.4 Å². The number of hydrazine groups is 1. The van der Waals surface area contributed by atoms with Crippen LogP contribution in [0.25, 0.3) is 0 Å². The molecule has 3 rings (SSSR count). The molecule has 2 atom stereocenters. The average Bonchev–Trinajstić information content (AvgIpc) is 3.25. The van der Waals surface area contributed by atoms with E-state index in [-0.39, 0.29) is 22.9 Å². The van der Waals surface area contributed by atoms with E-state index >= 15 is 0 Å². The number of nitrogens with two attached hydrogens (primary N) is 1. The quantitative estimate of drug-likeness (QED) is 0.213. The molecule has 3 aromatic rings. The third-order valence-corrected chi connectivity index (χ3v) is 5.39. The zero-order valence-electron chi connectivity index (χ0n) is 17.1. The summed E-state index contributed by atoms with van der Waals surface area (Å²) in [5.41, 5.74) is -2.96. The highest BCUT2D eigenvalue weighted by atomic mass is 32.1. The normalized spacial score (nSPS) is 14.4. The number of rotatable bonds is 6. The Kier molecular flexibility index (Phi) is 6.95. The molecule has 13 heteroatoms. The number of hydrogen-bond acceptors (Lipinski definition) is 5. The number of thiocarbonyl (C=S) groups is 1. The van der Waals surface area contributed by atoms with Crippen LogP contribution in [0.3, 0.4) is 0 Å². The largest absolute Gasteiger partial charge is 0.416 e. The lowest BCUT2D eigenvalue weighted by Crippen LogP contribution is -2.57. The SMILES string of the molecule is CC(N(N)C(=S)Nc1ccc(C(F)(F)F)cc1)C(O)(Cn1cncn1)c1ccc(F)cc1F. The molecule has 0 spiro atoms. The summed E-state index contributed by atoms with van der Waals surface area (Å²) in [7, 11) is 0. The maximum atomic E-state index is 14.6. The zero-order chi connectivity index (χ0) is 24.4. The highest BCUT2D eigenvalue weighted by molar-refractivity contribution is 7.80. The van der Waals surface area contributed by atoms with Crippen LogP contribution in [0.15, 0.2) is 55.1 Å². The maximum Gasteiger partial charge on any atom is 0.416 e. The smallest absolute Gasteiger partial charge is 0.381 e. The number of anilines is 1. The van der Waals surface area contributed by atoms with Gasteiger partial charge in [0.2, 0.25) is 0 Å². The molecule has 0 aliphatic heterocycles. The Balaban J connectivity index is 1.87. The molecule has 2 unspecified atom stereocenters. The molecule has 0 amide bonds. The van der Waals surface area contributed by atoms with Crippen LogP contribution >= 0.6 is 12.2 Å². The van der Waals surface area contributed by atoms with Gasteiger partial charge in [-0.15, -0.1) is 0 Å². The van der Waals surface area contributed by atoms with Crippen molar-refractivity contribution in [1.82, 2.24) is 19.8 Å². The van der Waals surface area contributed by atoms with Gasteiger partial charge in [0.1, 0.15) is 29.9 Å². The Bertz CT molecular complexity index is 1110. The molecule has 4 N–H and O–H groups in total. The molecule has 0 saturated heterocycles. The van der Waals surface area contributed by atoms with Crippen LogP contribution in [0, 0.1) is 11.6 Å². The molecule has 1 aromatic heterocycles. The minimum Gasteiger partial charge on any atom is -0.381 e. The second-order valence-electron chi connectivity index (χ2n) is 7.23. The standard InChI is InChI=1S/C20H19F5N6OS/c1-12(31(26)18(33)29-15-5-2-13(3-6-15)20(23,24)25)19(32,9-30-11-27-10-28-30)16-7-4-14(21)8-17(16)22/h2-8,10-12,32H,9,26H2,1H3,(H,29,33). The summed E-state index contributed by atoms with van der Waals surface area (Å²) in [4.78, 5) is 3.78. The fourth-order valence-corrected chi connectivity index (χ4v) is 3.46. The lowest BCUT2D eigenvalue weighted by Gasteiger charge is -2.40. The number of nitrogens with zero attached hydrogens (tertiary/aromatic N) is 4. The van der Waals surface area contributed by atoms with E-state index in [4.69, 9.17) is 18.1 Å². The van der Waals surface area contributed by atoms with Crippen LogP contribution in [-0.4, -0.2) is 36.0 Å². The molecule has 0 bridgehead atoms. The van der Waals surface area contributed by atoms with Crippen molar-refractivity contribution in [1.29, 1.82) is 0 Å². The molecule has 0 radical (unpaired) electrons. The molecule has 0 fully saturated rings. The number of benzene rings is 2. The second-order valence-corrected chi connectivity index (χ2v) is 7.62. The maximum absolute atomic E-state index is 14.6. The van der Waals surface area contributed by atoms with Crippen LogP contribution in [0.4, 0.5) is 27.6 Å². The topological polar surface area (TPSA) is 92.2 Å². The van der Waals surface area contributed by atoms with E-state index in [2.05, 4.69) is 15.4 Å². The van der Waals surface area contributed by atoms with Gasteiger partial charge in [0.25, 0.3) is 0 Å². The monoisotopic (exact) mass is 486 g/mol. The minimum absolute atomic E-state index is 0.165. The van der Waals surface area contributed by atoms with Gasteiger partial charge in [0.05, 0.1) is 18.2 Å². The van der Waals surface area contributed by atoms with Crippen molar-refractivity contribution in [3.63, 3.8) is 0 Å². The third kappa shape index (κ3) is 5.43. The lowest BCUT2D eigenvalue weighted by molar-refractivity contribution is -0.137. The molecular formula is C20H19F5N6OS. The molecule has 0 saturated carbocycles. The van der Waals surface area contributed by atoms with E-state index in [0.29, 0.717) is 6.07 Å². The first kappa shape index (κ1) is 24.5. The molecular weight excluding hydrogens is 467 g/mol. The molecule has 176 valence electrons. The van der Waals surface area contributed by atoms with Crippen molar-refractivity contribution in [3.05, 3.63) is 77.9 Å². The lowest BCUT2D eigenvalue weighted by atomic mass is 9.86. The third-order valence-electron chi connectivity index (χ3n) is 5.07. The summed E-state index contributed by atoms with van der Waals surface area (Å²) >= 11 is 5.23. The van der Waals surface area contributed by atoms with E-state index in [1.807, 2.05) is 0 Å². The second kappa shape index (κ2) is 9.37. The van der Waals surface area contributed by atoms with Crippen LogP contribution in [0.2, 0.25) is 0 Å². The van der Waals surface area contributed by atoms with Crippen molar-refractivity contribution in [3.8, 4) is 0 Å². The first-order valence-electron chi connectivity index (χ1n) is 9.44. The summed E-state index contributed by atoms with van der Waals surface area (Å²) in [5, 5.41) is 18.9. The van der Waals surface area contributed by atoms with Crippen LogP contribution in [-0.2, 0) is 18.3 Å². The first-order valence-corrected chi connectivity index (χ1v) is 9.85. The fourth-order valence-electron chi connectivity index (χ4n) is 3.18. The highest BCUT2D eigenvalue weighted by Crippen LogP contribution is 2.33. The number of hydrogen-bond donors (Lipinski definition) is 3. The van der Waals surface area contributed by atoms with Gasteiger partial charge in [-0.05, 0) is 49.5 Å². The van der Waals surface area contributed by atoms with Gasteiger partial charge in [-0.1, -0.05) is 6.07 Å². The summed E-state index contributed by atoms with van der Waals surface area (Å²) < 4.78 is 67.6. The summed E-state index contributed by atoms with van der Waals surface area (Å²) in [6.45, 7) is 1.13. The van der Waals surface area contributed by atoms with E-state index in [1.165, 1.54) is 24.3 Å². The molecule has 7 nitrogen and oxygen atoms in total. The van der Waals surface area contributed by atoms with Gasteiger partial charge in [0.15, 0.2) is 5.11 Å².